The summed E-state index contributed by atoms with van der Waals surface area (Å²) >= 11 is 1.31. The van der Waals surface area contributed by atoms with E-state index < -0.39 is 0 Å². The van der Waals surface area contributed by atoms with Gasteiger partial charge in [0.05, 0.1) is 11.9 Å². The lowest BCUT2D eigenvalue weighted by molar-refractivity contribution is 0.472. The Bertz CT molecular complexity index is 441. The van der Waals surface area contributed by atoms with Crippen LogP contribution in [0.25, 0.3) is 0 Å². The molecule has 0 aliphatic heterocycles. The summed E-state index contributed by atoms with van der Waals surface area (Å²) < 4.78 is 5.49. The first kappa shape index (κ1) is 8.96. The van der Waals surface area contributed by atoms with E-state index in [-0.39, 0.29) is 0 Å². The summed E-state index contributed by atoms with van der Waals surface area (Å²) in [5.74, 6) is 0.710. The molecule has 0 fully saturated rings. The maximum Gasteiger partial charge on any atom is 0.280 e. The number of nitrogen functional groups attached to an aromatic ring is 1. The first-order chi connectivity index (χ1) is 6.75. The van der Waals surface area contributed by atoms with E-state index in [0.717, 1.165) is 5.69 Å². The molecular weight excluding hydrogens is 198 g/mol. The summed E-state index contributed by atoms with van der Waals surface area (Å²) in [5.41, 5.74) is 6.37. The van der Waals surface area contributed by atoms with Crippen LogP contribution in [0.5, 0.6) is 10.9 Å². The quantitative estimate of drug-likeness (QED) is 0.820. The predicted octanol–water partition coefficient (Wildman–Crippen LogP) is 2.22. The third kappa shape index (κ3) is 1.82. The van der Waals surface area contributed by atoms with Gasteiger partial charge < -0.3 is 10.5 Å². The maximum atomic E-state index is 5.53. The average molecular weight is 207 g/mol. The summed E-state index contributed by atoms with van der Waals surface area (Å²) in [7, 11) is 0. The molecule has 0 spiro atoms. The van der Waals surface area contributed by atoms with Crippen molar-refractivity contribution in [2.75, 3.05) is 5.73 Å². The van der Waals surface area contributed by atoms with Crippen molar-refractivity contribution in [3.63, 3.8) is 0 Å². The van der Waals surface area contributed by atoms with Gasteiger partial charge in [-0.15, -0.1) is 0 Å². The zero-order valence-corrected chi connectivity index (χ0v) is 8.41. The molecule has 2 rings (SSSR count). The van der Waals surface area contributed by atoms with Gasteiger partial charge in [-0.2, -0.15) is 0 Å². The maximum absolute atomic E-state index is 5.53. The zero-order valence-electron chi connectivity index (χ0n) is 7.60. The second kappa shape index (κ2) is 3.63. The summed E-state index contributed by atoms with van der Waals surface area (Å²) in [5, 5.41) is 1.18. The molecule has 0 aromatic carbocycles. The van der Waals surface area contributed by atoms with Crippen molar-refractivity contribution in [1.29, 1.82) is 0 Å². The number of pyridine rings is 1. The molecule has 0 saturated carbocycles. The van der Waals surface area contributed by atoms with Crippen LogP contribution in [-0.2, 0) is 0 Å². The minimum atomic E-state index is 0.540. The Kier molecular flexibility index (Phi) is 2.32. The zero-order chi connectivity index (χ0) is 9.97. The number of aryl methyl sites for hydroxylation is 1. The van der Waals surface area contributed by atoms with Gasteiger partial charge in [-0.3, -0.25) is 4.98 Å². The number of aromatic nitrogens is 2. The molecule has 0 bridgehead atoms. The molecule has 5 heteroatoms. The van der Waals surface area contributed by atoms with Crippen LogP contribution in [0.15, 0.2) is 24.5 Å². The van der Waals surface area contributed by atoms with Crippen LogP contribution in [0.2, 0.25) is 0 Å². The highest BCUT2D eigenvalue weighted by Crippen LogP contribution is 2.28. The Hall–Kier alpha value is -1.62. The van der Waals surface area contributed by atoms with E-state index in [4.69, 9.17) is 10.5 Å². The van der Waals surface area contributed by atoms with Gasteiger partial charge in [0.2, 0.25) is 0 Å². The first-order valence-corrected chi connectivity index (χ1v) is 4.88. The smallest absolute Gasteiger partial charge is 0.280 e. The highest BCUT2D eigenvalue weighted by Gasteiger charge is 2.04. The van der Waals surface area contributed by atoms with E-state index in [9.17, 15) is 0 Å². The van der Waals surface area contributed by atoms with Crippen molar-refractivity contribution in [1.82, 2.24) is 9.97 Å². The second-order valence-electron chi connectivity index (χ2n) is 2.72. The van der Waals surface area contributed by atoms with E-state index in [1.165, 1.54) is 11.3 Å². The summed E-state index contributed by atoms with van der Waals surface area (Å²) in [6.07, 6.45) is 3.30. The molecule has 0 amide bonds. The fraction of sp³-hybridized carbons (Fsp3) is 0.111. The van der Waals surface area contributed by atoms with Crippen LogP contribution in [0.1, 0.15) is 5.69 Å². The number of rotatable bonds is 2. The van der Waals surface area contributed by atoms with Gasteiger partial charge in [0.25, 0.3) is 5.19 Å². The highest BCUT2D eigenvalue weighted by molar-refractivity contribution is 7.17. The van der Waals surface area contributed by atoms with E-state index in [1.807, 2.05) is 19.1 Å². The van der Waals surface area contributed by atoms with Crippen molar-refractivity contribution in [2.45, 2.75) is 6.92 Å². The van der Waals surface area contributed by atoms with Crippen LogP contribution in [0.4, 0.5) is 5.00 Å². The lowest BCUT2D eigenvalue weighted by atomic mass is 10.3. The van der Waals surface area contributed by atoms with Crippen molar-refractivity contribution < 1.29 is 4.74 Å². The monoisotopic (exact) mass is 207 g/mol. The summed E-state index contributed by atoms with van der Waals surface area (Å²) in [6, 6.07) is 3.67. The molecule has 0 radical (unpaired) electrons. The minimum Gasteiger partial charge on any atom is -0.429 e. The lowest BCUT2D eigenvalue weighted by Gasteiger charge is -2.02. The van der Waals surface area contributed by atoms with Crippen molar-refractivity contribution >= 4 is 16.3 Å². The molecule has 0 unspecified atom stereocenters. The van der Waals surface area contributed by atoms with E-state index in [0.29, 0.717) is 15.9 Å². The Morgan fingerprint density at radius 1 is 1.43 bits per heavy atom. The third-order valence-corrected chi connectivity index (χ3v) is 2.36. The molecular formula is C9H9N3OS. The summed E-state index contributed by atoms with van der Waals surface area (Å²) in [4.78, 5) is 8.10. The van der Waals surface area contributed by atoms with Crippen LogP contribution < -0.4 is 10.5 Å². The Morgan fingerprint density at radius 3 is 2.93 bits per heavy atom. The molecule has 0 saturated heterocycles. The Balaban J connectivity index is 2.23. The first-order valence-electron chi connectivity index (χ1n) is 4.06. The van der Waals surface area contributed by atoms with E-state index >= 15 is 0 Å². The van der Waals surface area contributed by atoms with Gasteiger partial charge in [0.15, 0.2) is 5.75 Å². The molecule has 2 aromatic heterocycles. The van der Waals surface area contributed by atoms with Crippen molar-refractivity contribution in [2.24, 2.45) is 0 Å². The van der Waals surface area contributed by atoms with Crippen molar-refractivity contribution in [3.8, 4) is 10.9 Å². The molecule has 72 valence electrons. The van der Waals surface area contributed by atoms with E-state index in [2.05, 4.69) is 9.97 Å². The molecule has 2 aromatic rings. The second-order valence-corrected chi connectivity index (χ2v) is 3.74. The molecule has 2 heterocycles. The fourth-order valence-corrected chi connectivity index (χ4v) is 1.53. The highest BCUT2D eigenvalue weighted by atomic mass is 32.1. The number of ether oxygens (including phenoxy) is 1. The number of hydrogen-bond donors (Lipinski definition) is 1. The topological polar surface area (TPSA) is 61.0 Å². The standard InChI is InChI=1S/C9H9N3OS/c1-6-7(3-2-4-11-6)13-9-12-5-8(10)14-9/h2-5H,10H2,1H3. The van der Waals surface area contributed by atoms with Crippen molar-refractivity contribution in [3.05, 3.63) is 30.2 Å². The van der Waals surface area contributed by atoms with Gasteiger partial charge in [-0.25, -0.2) is 4.98 Å². The molecule has 0 aliphatic carbocycles. The number of hydrogen-bond acceptors (Lipinski definition) is 5. The normalized spacial score (nSPS) is 10.1. The number of nitrogens with two attached hydrogens (primary N) is 1. The van der Waals surface area contributed by atoms with Gasteiger partial charge in [-0.05, 0) is 19.1 Å². The van der Waals surface area contributed by atoms with Gasteiger partial charge >= 0.3 is 0 Å². The predicted molar refractivity (Wildman–Crippen MR) is 55.6 cm³/mol. The molecule has 0 atom stereocenters. The SMILES string of the molecule is Cc1ncccc1Oc1ncc(N)s1. The van der Waals surface area contributed by atoms with E-state index in [1.54, 1.807) is 12.4 Å². The van der Waals surface area contributed by atoms with Crippen LogP contribution in [0, 0.1) is 6.92 Å². The number of nitrogens with zero attached hydrogens (tertiary/aromatic N) is 2. The third-order valence-electron chi connectivity index (χ3n) is 1.66. The lowest BCUT2D eigenvalue weighted by Crippen LogP contribution is -1.88. The van der Waals surface area contributed by atoms with Crippen LogP contribution in [-0.4, -0.2) is 9.97 Å². The fourth-order valence-electron chi connectivity index (χ4n) is 0.988. The van der Waals surface area contributed by atoms with Gasteiger partial charge in [0, 0.05) is 6.20 Å². The molecule has 4 nitrogen and oxygen atoms in total. The Morgan fingerprint density at radius 2 is 2.29 bits per heavy atom. The molecule has 0 aliphatic rings. The largest absolute Gasteiger partial charge is 0.429 e. The van der Waals surface area contributed by atoms with Gasteiger partial charge in [-0.1, -0.05) is 11.3 Å². The van der Waals surface area contributed by atoms with Gasteiger partial charge in [0.1, 0.15) is 5.00 Å². The minimum absolute atomic E-state index is 0.540. The molecule has 14 heavy (non-hydrogen) atoms. The molecule has 2 N–H and O–H groups in total. The Labute approximate surface area is 85.4 Å². The summed E-state index contributed by atoms with van der Waals surface area (Å²) in [6.45, 7) is 1.88. The number of thiazole rings is 1. The number of anilines is 1. The average Bonchev–Trinajstić information content (AvgIpc) is 2.56. The van der Waals surface area contributed by atoms with Crippen LogP contribution >= 0.6 is 11.3 Å². The van der Waals surface area contributed by atoms with Crippen LogP contribution in [0.3, 0.4) is 0 Å².